The summed E-state index contributed by atoms with van der Waals surface area (Å²) in [5.41, 5.74) is 4.55. The summed E-state index contributed by atoms with van der Waals surface area (Å²) in [5.74, 6) is 0. The zero-order chi connectivity index (χ0) is 9.42. The van der Waals surface area contributed by atoms with E-state index < -0.39 is 0 Å². The molecule has 0 fully saturated rings. The highest BCUT2D eigenvalue weighted by Gasteiger charge is 2.07. The Morgan fingerprint density at radius 3 is 2.85 bits per heavy atom. The van der Waals surface area contributed by atoms with Crippen LogP contribution in [0.4, 0.5) is 5.69 Å². The summed E-state index contributed by atoms with van der Waals surface area (Å²) >= 11 is 0. The van der Waals surface area contributed by atoms with Gasteiger partial charge in [0.2, 0.25) is 0 Å². The molecule has 0 bridgehead atoms. The first-order chi connectivity index (χ1) is 6.24. The van der Waals surface area contributed by atoms with Crippen LogP contribution >= 0.6 is 0 Å². The lowest BCUT2D eigenvalue weighted by molar-refractivity contribution is 1.22. The van der Waals surface area contributed by atoms with E-state index in [1.807, 2.05) is 19.3 Å². The maximum atomic E-state index is 4.28. The molecule has 2 heterocycles. The van der Waals surface area contributed by atoms with Gasteiger partial charge in [0, 0.05) is 30.0 Å². The molecule has 0 unspecified atom stereocenters. The third-order valence-corrected chi connectivity index (χ3v) is 2.46. The van der Waals surface area contributed by atoms with Gasteiger partial charge in [0.05, 0.1) is 0 Å². The van der Waals surface area contributed by atoms with Crippen molar-refractivity contribution in [1.29, 1.82) is 0 Å². The number of aromatic nitrogens is 2. The maximum absolute atomic E-state index is 4.28. The molecule has 0 atom stereocenters. The van der Waals surface area contributed by atoms with Crippen LogP contribution in [0.25, 0.3) is 11.0 Å². The number of hydrogen-bond donors (Lipinski definition) is 2. The van der Waals surface area contributed by atoms with Gasteiger partial charge < -0.3 is 10.3 Å². The zero-order valence-corrected chi connectivity index (χ0v) is 8.10. The molecule has 0 aromatic carbocycles. The van der Waals surface area contributed by atoms with E-state index in [0.717, 1.165) is 11.3 Å². The number of nitrogens with zero attached hydrogens (tertiary/aromatic N) is 1. The Morgan fingerprint density at radius 1 is 1.38 bits per heavy atom. The summed E-state index contributed by atoms with van der Waals surface area (Å²) in [6, 6.07) is 1.99. The van der Waals surface area contributed by atoms with E-state index in [-0.39, 0.29) is 0 Å². The number of hydrogen-bond acceptors (Lipinski definition) is 2. The molecule has 0 saturated heterocycles. The van der Waals surface area contributed by atoms with Crippen LogP contribution in [0.15, 0.2) is 12.3 Å². The van der Waals surface area contributed by atoms with E-state index in [1.165, 1.54) is 16.6 Å². The third kappa shape index (κ3) is 1.08. The molecule has 68 valence electrons. The topological polar surface area (TPSA) is 40.7 Å². The molecule has 0 amide bonds. The zero-order valence-electron chi connectivity index (χ0n) is 8.10. The molecule has 0 aliphatic heterocycles. The quantitative estimate of drug-likeness (QED) is 0.697. The predicted molar refractivity (Wildman–Crippen MR) is 55.1 cm³/mol. The van der Waals surface area contributed by atoms with Gasteiger partial charge in [-0.2, -0.15) is 0 Å². The molecular weight excluding hydrogens is 162 g/mol. The Balaban J connectivity index is 2.87. The van der Waals surface area contributed by atoms with Crippen LogP contribution in [0, 0.1) is 13.8 Å². The Bertz CT molecular complexity index is 443. The summed E-state index contributed by atoms with van der Waals surface area (Å²) in [7, 11) is 1.93. The van der Waals surface area contributed by atoms with Gasteiger partial charge in [-0.05, 0) is 25.5 Å². The first kappa shape index (κ1) is 8.10. The predicted octanol–water partition coefficient (Wildman–Crippen LogP) is 2.22. The Morgan fingerprint density at radius 2 is 2.15 bits per heavy atom. The highest BCUT2D eigenvalue weighted by molar-refractivity contribution is 5.93. The van der Waals surface area contributed by atoms with E-state index >= 15 is 0 Å². The van der Waals surface area contributed by atoms with Gasteiger partial charge in [0.15, 0.2) is 0 Å². The molecule has 2 aromatic rings. The molecule has 0 saturated carbocycles. The minimum atomic E-state index is 0.960. The molecule has 2 aromatic heterocycles. The van der Waals surface area contributed by atoms with Crippen LogP contribution in [-0.2, 0) is 0 Å². The van der Waals surface area contributed by atoms with Gasteiger partial charge >= 0.3 is 0 Å². The molecule has 2 rings (SSSR count). The van der Waals surface area contributed by atoms with Crippen molar-refractivity contribution >= 4 is 16.7 Å². The minimum Gasteiger partial charge on any atom is -0.387 e. The summed E-state index contributed by atoms with van der Waals surface area (Å²) < 4.78 is 0. The lowest BCUT2D eigenvalue weighted by atomic mass is 10.2. The summed E-state index contributed by atoms with van der Waals surface area (Å²) in [6.07, 6.45) is 1.81. The normalized spacial score (nSPS) is 10.7. The van der Waals surface area contributed by atoms with Crippen molar-refractivity contribution in [2.24, 2.45) is 0 Å². The van der Waals surface area contributed by atoms with Crippen LogP contribution in [-0.4, -0.2) is 17.0 Å². The van der Waals surface area contributed by atoms with E-state index in [9.17, 15) is 0 Å². The molecule has 0 spiro atoms. The lowest BCUT2D eigenvalue weighted by Crippen LogP contribution is -1.89. The second-order valence-electron chi connectivity index (χ2n) is 3.21. The Labute approximate surface area is 77.2 Å². The minimum absolute atomic E-state index is 0.960. The van der Waals surface area contributed by atoms with Crippen molar-refractivity contribution in [3.05, 3.63) is 23.5 Å². The smallest absolute Gasteiger partial charge is 0.139 e. The van der Waals surface area contributed by atoms with Gasteiger partial charge in [0.25, 0.3) is 0 Å². The van der Waals surface area contributed by atoms with Gasteiger partial charge in [0.1, 0.15) is 5.65 Å². The molecule has 0 aliphatic rings. The van der Waals surface area contributed by atoms with E-state index in [1.54, 1.807) is 0 Å². The SMILES string of the molecule is CNc1ccnc2[nH]c(C)c(C)c12. The van der Waals surface area contributed by atoms with Gasteiger partial charge in [-0.3, -0.25) is 0 Å². The van der Waals surface area contributed by atoms with Crippen LogP contribution in [0.3, 0.4) is 0 Å². The molecule has 2 N–H and O–H groups in total. The molecule has 3 heteroatoms. The molecule has 13 heavy (non-hydrogen) atoms. The number of aryl methyl sites for hydroxylation is 2. The number of fused-ring (bicyclic) bond motifs is 1. The van der Waals surface area contributed by atoms with Crippen molar-refractivity contribution in [3.8, 4) is 0 Å². The highest BCUT2D eigenvalue weighted by atomic mass is 14.9. The number of aromatic amines is 1. The molecule has 0 radical (unpaired) electrons. The average molecular weight is 175 g/mol. The van der Waals surface area contributed by atoms with Crippen LogP contribution in [0.5, 0.6) is 0 Å². The standard InChI is InChI=1S/C10H13N3/c1-6-7(2)13-10-9(6)8(11-3)4-5-12-10/h4-5H,1-3H3,(H2,11,12,13). The lowest BCUT2D eigenvalue weighted by Gasteiger charge is -2.01. The van der Waals surface area contributed by atoms with E-state index in [4.69, 9.17) is 0 Å². The Hall–Kier alpha value is -1.51. The van der Waals surface area contributed by atoms with Crippen molar-refractivity contribution in [2.45, 2.75) is 13.8 Å². The average Bonchev–Trinajstić information content (AvgIpc) is 2.43. The number of pyridine rings is 1. The fraction of sp³-hybridized carbons (Fsp3) is 0.300. The van der Waals surface area contributed by atoms with Crippen LogP contribution in [0.1, 0.15) is 11.3 Å². The summed E-state index contributed by atoms with van der Waals surface area (Å²) in [4.78, 5) is 7.53. The van der Waals surface area contributed by atoms with Crippen LogP contribution in [0.2, 0.25) is 0 Å². The van der Waals surface area contributed by atoms with E-state index in [0.29, 0.717) is 0 Å². The number of H-pyrrole nitrogens is 1. The largest absolute Gasteiger partial charge is 0.387 e. The van der Waals surface area contributed by atoms with Crippen LogP contribution < -0.4 is 5.32 Å². The molecular formula is C10H13N3. The molecule has 0 aliphatic carbocycles. The number of nitrogens with one attached hydrogen (secondary N) is 2. The highest BCUT2D eigenvalue weighted by Crippen LogP contribution is 2.26. The number of anilines is 1. The van der Waals surface area contributed by atoms with Gasteiger partial charge in [-0.25, -0.2) is 4.98 Å². The second kappa shape index (κ2) is 2.76. The van der Waals surface area contributed by atoms with Crippen molar-refractivity contribution in [2.75, 3.05) is 12.4 Å². The number of rotatable bonds is 1. The first-order valence-corrected chi connectivity index (χ1v) is 4.35. The maximum Gasteiger partial charge on any atom is 0.139 e. The Kier molecular flexibility index (Phi) is 1.72. The summed E-state index contributed by atoms with van der Waals surface area (Å²) in [5, 5.41) is 4.36. The van der Waals surface area contributed by atoms with E-state index in [2.05, 4.69) is 29.1 Å². The fourth-order valence-corrected chi connectivity index (χ4v) is 1.60. The second-order valence-corrected chi connectivity index (χ2v) is 3.21. The summed E-state index contributed by atoms with van der Waals surface area (Å²) in [6.45, 7) is 4.17. The first-order valence-electron chi connectivity index (χ1n) is 4.35. The van der Waals surface area contributed by atoms with Crippen molar-refractivity contribution in [3.63, 3.8) is 0 Å². The van der Waals surface area contributed by atoms with Gasteiger partial charge in [-0.15, -0.1) is 0 Å². The van der Waals surface area contributed by atoms with Crippen molar-refractivity contribution < 1.29 is 0 Å². The molecule has 3 nitrogen and oxygen atoms in total. The van der Waals surface area contributed by atoms with Crippen molar-refractivity contribution in [1.82, 2.24) is 9.97 Å². The fourth-order valence-electron chi connectivity index (χ4n) is 1.60. The third-order valence-electron chi connectivity index (χ3n) is 2.46. The van der Waals surface area contributed by atoms with Gasteiger partial charge in [-0.1, -0.05) is 0 Å². The monoisotopic (exact) mass is 175 g/mol.